The Morgan fingerprint density at radius 2 is 1.75 bits per heavy atom. The first-order chi connectivity index (χ1) is 17.5. The zero-order valence-corrected chi connectivity index (χ0v) is 21.1. The van der Waals surface area contributed by atoms with Gasteiger partial charge in [-0.25, -0.2) is 0 Å². The molecule has 0 unspecified atom stereocenters. The molecule has 5 heteroatoms. The van der Waals surface area contributed by atoms with E-state index in [2.05, 4.69) is 49.4 Å². The zero-order valence-electron chi connectivity index (χ0n) is 21.1. The summed E-state index contributed by atoms with van der Waals surface area (Å²) in [5.74, 6) is 0.978. The summed E-state index contributed by atoms with van der Waals surface area (Å²) in [5.41, 5.74) is 5.23. The van der Waals surface area contributed by atoms with E-state index in [-0.39, 0.29) is 30.3 Å². The third-order valence-electron chi connectivity index (χ3n) is 7.21. The van der Waals surface area contributed by atoms with Gasteiger partial charge in [-0.15, -0.1) is 0 Å². The predicted octanol–water partition coefficient (Wildman–Crippen LogP) is 6.61. The van der Waals surface area contributed by atoms with E-state index in [0.29, 0.717) is 25.9 Å². The lowest BCUT2D eigenvalue weighted by Gasteiger charge is -2.41. The summed E-state index contributed by atoms with van der Waals surface area (Å²) in [7, 11) is 0. The number of hydrogen-bond acceptors (Lipinski definition) is 4. The van der Waals surface area contributed by atoms with Crippen molar-refractivity contribution in [3.8, 4) is 16.9 Å². The summed E-state index contributed by atoms with van der Waals surface area (Å²) in [6.07, 6.45) is 3.51. The smallest absolute Gasteiger partial charge is 0.230 e. The third-order valence-corrected chi connectivity index (χ3v) is 7.21. The molecule has 5 nitrogen and oxygen atoms in total. The number of benzene rings is 3. The molecule has 3 aromatic rings. The standard InChI is InChI=1S/C31H35NO4/c1-3-4-16-35-30-18-24(22-10-12-23(13-11-22)29-19-26(33)17-21(2)36-29)14-15-27(30)28-20-31(34)32(28)25-8-6-5-7-9-25/h5-15,18,21,26,28-29,33H,3-4,16-17,19-20H2,1-2H3/t21-,26+,28+,29-/m1/s1. The fourth-order valence-corrected chi connectivity index (χ4v) is 5.24. The van der Waals surface area contributed by atoms with Crippen molar-refractivity contribution in [3.05, 3.63) is 83.9 Å². The molecular weight excluding hydrogens is 450 g/mol. The van der Waals surface area contributed by atoms with Crippen LogP contribution in [0.4, 0.5) is 5.69 Å². The van der Waals surface area contributed by atoms with E-state index in [9.17, 15) is 9.90 Å². The number of carbonyl (C=O) groups excluding carboxylic acids is 1. The van der Waals surface area contributed by atoms with Gasteiger partial charge >= 0.3 is 0 Å². The number of β-lactam (4-membered cyclic amide) rings is 1. The monoisotopic (exact) mass is 485 g/mol. The second-order valence-electron chi connectivity index (χ2n) is 9.96. The van der Waals surface area contributed by atoms with Gasteiger partial charge in [0, 0.05) is 17.7 Å². The Bertz CT molecular complexity index is 1170. The average Bonchev–Trinajstić information content (AvgIpc) is 2.88. The Hall–Kier alpha value is -3.15. The molecule has 1 N–H and O–H groups in total. The number of aliphatic hydroxyl groups excluding tert-OH is 1. The highest BCUT2D eigenvalue weighted by Gasteiger charge is 2.39. The minimum absolute atomic E-state index is 0.0233. The fraction of sp³-hybridized carbons (Fsp3) is 0.387. The van der Waals surface area contributed by atoms with Crippen molar-refractivity contribution in [1.82, 2.24) is 0 Å². The van der Waals surface area contributed by atoms with E-state index in [1.807, 2.05) is 42.2 Å². The maximum atomic E-state index is 12.5. The van der Waals surface area contributed by atoms with E-state index in [4.69, 9.17) is 9.47 Å². The first-order valence-corrected chi connectivity index (χ1v) is 13.1. The van der Waals surface area contributed by atoms with E-state index in [0.717, 1.165) is 46.5 Å². The Morgan fingerprint density at radius 1 is 1.00 bits per heavy atom. The summed E-state index contributed by atoms with van der Waals surface area (Å²) >= 11 is 0. The summed E-state index contributed by atoms with van der Waals surface area (Å²) in [4.78, 5) is 14.4. The van der Waals surface area contributed by atoms with Crippen LogP contribution in [0.25, 0.3) is 11.1 Å². The number of nitrogens with zero attached hydrogens (tertiary/aromatic N) is 1. The quantitative estimate of drug-likeness (QED) is 0.288. The van der Waals surface area contributed by atoms with Crippen LogP contribution in [-0.4, -0.2) is 29.8 Å². The molecule has 1 amide bonds. The number of anilines is 1. The van der Waals surface area contributed by atoms with Gasteiger partial charge in [0.05, 0.1) is 37.4 Å². The molecule has 0 bridgehead atoms. The fourth-order valence-electron chi connectivity index (χ4n) is 5.24. The van der Waals surface area contributed by atoms with Crippen LogP contribution in [0, 0.1) is 0 Å². The van der Waals surface area contributed by atoms with Gasteiger partial charge in [-0.05, 0) is 54.7 Å². The largest absolute Gasteiger partial charge is 0.493 e. The van der Waals surface area contributed by atoms with Gasteiger partial charge in [-0.2, -0.15) is 0 Å². The molecule has 0 aromatic heterocycles. The highest BCUT2D eigenvalue weighted by molar-refractivity contribution is 6.01. The second-order valence-corrected chi connectivity index (χ2v) is 9.96. The highest BCUT2D eigenvalue weighted by atomic mass is 16.5. The number of unbranched alkanes of at least 4 members (excludes halogenated alkanes) is 1. The summed E-state index contributed by atoms with van der Waals surface area (Å²) in [5, 5.41) is 10.1. The van der Waals surface area contributed by atoms with Gasteiger partial charge in [0.2, 0.25) is 5.91 Å². The van der Waals surface area contributed by atoms with Gasteiger partial charge < -0.3 is 19.5 Å². The lowest BCUT2D eigenvalue weighted by Crippen LogP contribution is -2.46. The molecule has 0 radical (unpaired) electrons. The van der Waals surface area contributed by atoms with Crippen LogP contribution in [-0.2, 0) is 9.53 Å². The zero-order chi connectivity index (χ0) is 25.1. The molecule has 2 fully saturated rings. The Balaban J connectivity index is 1.40. The molecule has 3 aromatic carbocycles. The molecule has 2 heterocycles. The molecule has 2 aliphatic rings. The number of carbonyl (C=O) groups is 1. The van der Waals surface area contributed by atoms with Crippen LogP contribution in [0.5, 0.6) is 5.75 Å². The molecule has 2 aliphatic heterocycles. The number of hydrogen-bond donors (Lipinski definition) is 1. The van der Waals surface area contributed by atoms with Gasteiger partial charge in [0.25, 0.3) is 0 Å². The van der Waals surface area contributed by atoms with Gasteiger partial charge in [0.15, 0.2) is 0 Å². The van der Waals surface area contributed by atoms with Crippen molar-refractivity contribution in [3.63, 3.8) is 0 Å². The molecule has 0 saturated carbocycles. The molecule has 5 rings (SSSR count). The lowest BCUT2D eigenvalue weighted by molar-refractivity contribution is -0.124. The van der Waals surface area contributed by atoms with Crippen LogP contribution in [0.15, 0.2) is 72.8 Å². The number of aliphatic hydroxyl groups is 1. The predicted molar refractivity (Wildman–Crippen MR) is 142 cm³/mol. The molecule has 36 heavy (non-hydrogen) atoms. The third kappa shape index (κ3) is 5.18. The first-order valence-electron chi connectivity index (χ1n) is 13.1. The summed E-state index contributed by atoms with van der Waals surface area (Å²) in [6, 6.07) is 24.6. The van der Waals surface area contributed by atoms with Crippen molar-refractivity contribution in [2.75, 3.05) is 11.5 Å². The molecule has 2 saturated heterocycles. The van der Waals surface area contributed by atoms with Gasteiger partial charge in [-0.3, -0.25) is 4.79 Å². The molecule has 0 aliphatic carbocycles. The number of para-hydroxylation sites is 1. The average molecular weight is 486 g/mol. The van der Waals surface area contributed by atoms with Crippen LogP contribution < -0.4 is 9.64 Å². The van der Waals surface area contributed by atoms with Gasteiger partial charge in [-0.1, -0.05) is 67.9 Å². The van der Waals surface area contributed by atoms with Crippen LogP contribution in [0.3, 0.4) is 0 Å². The first kappa shape index (κ1) is 24.5. The Kier molecular flexibility index (Phi) is 7.40. The van der Waals surface area contributed by atoms with E-state index >= 15 is 0 Å². The lowest BCUT2D eigenvalue weighted by atomic mass is 9.90. The van der Waals surface area contributed by atoms with Crippen LogP contribution in [0.1, 0.15) is 69.2 Å². The van der Waals surface area contributed by atoms with Crippen LogP contribution in [0.2, 0.25) is 0 Å². The van der Waals surface area contributed by atoms with E-state index in [1.165, 1.54) is 0 Å². The van der Waals surface area contributed by atoms with E-state index < -0.39 is 0 Å². The molecule has 0 spiro atoms. The van der Waals surface area contributed by atoms with Crippen molar-refractivity contribution in [1.29, 1.82) is 0 Å². The molecular formula is C31H35NO4. The molecule has 4 atom stereocenters. The van der Waals surface area contributed by atoms with Crippen molar-refractivity contribution in [2.24, 2.45) is 0 Å². The van der Waals surface area contributed by atoms with Crippen molar-refractivity contribution >= 4 is 11.6 Å². The van der Waals surface area contributed by atoms with Gasteiger partial charge in [0.1, 0.15) is 5.75 Å². The maximum absolute atomic E-state index is 12.5. The number of rotatable bonds is 8. The van der Waals surface area contributed by atoms with E-state index in [1.54, 1.807) is 0 Å². The van der Waals surface area contributed by atoms with Crippen LogP contribution >= 0.6 is 0 Å². The Labute approximate surface area is 213 Å². The minimum atomic E-state index is -0.317. The molecule has 188 valence electrons. The topological polar surface area (TPSA) is 59.0 Å². The SMILES string of the molecule is CCCCOc1cc(-c2ccc([C@H]3C[C@@H](O)C[C@@H](C)O3)cc2)ccc1[C@@H]1CC(=O)N1c1ccccc1. The van der Waals surface area contributed by atoms with Crippen molar-refractivity contribution < 1.29 is 19.4 Å². The summed E-state index contributed by atoms with van der Waals surface area (Å²) in [6.45, 7) is 4.82. The second kappa shape index (κ2) is 10.9. The van der Waals surface area contributed by atoms with Crippen molar-refractivity contribution in [2.45, 2.75) is 70.3 Å². The Morgan fingerprint density at radius 3 is 2.44 bits per heavy atom. The number of amides is 1. The minimum Gasteiger partial charge on any atom is -0.493 e. The highest BCUT2D eigenvalue weighted by Crippen LogP contribution is 2.43. The maximum Gasteiger partial charge on any atom is 0.230 e. The summed E-state index contributed by atoms with van der Waals surface area (Å²) < 4.78 is 12.3. The normalized spacial score (nSPS) is 23.9. The number of ether oxygens (including phenoxy) is 2.